The first-order valence-corrected chi connectivity index (χ1v) is 15.1. The van der Waals surface area contributed by atoms with Crippen LogP contribution in [0.3, 0.4) is 0 Å². The number of nitrogens with one attached hydrogen (secondary N) is 1. The molecule has 3 aliphatic rings. The lowest BCUT2D eigenvalue weighted by Gasteiger charge is -2.51. The molecular weight excluding hydrogens is 544 g/mol. The van der Waals surface area contributed by atoms with Crippen molar-refractivity contribution >= 4 is 17.7 Å². The van der Waals surface area contributed by atoms with E-state index in [9.17, 15) is 19.5 Å². The highest BCUT2D eigenvalue weighted by atomic mass is 16.7. The molecule has 1 spiro atoms. The van der Waals surface area contributed by atoms with Gasteiger partial charge in [-0.3, -0.25) is 14.4 Å². The second-order valence-electron chi connectivity index (χ2n) is 13.6. The Kier molecular flexibility index (Phi) is 11.6. The minimum Gasteiger partial charge on any atom is -0.463 e. The Morgan fingerprint density at radius 2 is 1.79 bits per heavy atom. The first-order valence-electron chi connectivity index (χ1n) is 15.1. The zero-order valence-electron chi connectivity index (χ0n) is 27.2. The highest BCUT2D eigenvalue weighted by Crippen LogP contribution is 2.36. The van der Waals surface area contributed by atoms with E-state index >= 15 is 0 Å². The van der Waals surface area contributed by atoms with E-state index in [0.717, 1.165) is 0 Å². The van der Waals surface area contributed by atoms with E-state index in [4.69, 9.17) is 18.9 Å². The molecule has 0 bridgehead atoms. The van der Waals surface area contributed by atoms with Gasteiger partial charge in [0.15, 0.2) is 12.1 Å². The monoisotopic (exact) mass is 598 g/mol. The summed E-state index contributed by atoms with van der Waals surface area (Å²) in [6, 6.07) is -0.187. The number of aliphatic hydroxyl groups is 1. The molecule has 0 radical (unpaired) electrons. The predicted molar refractivity (Wildman–Crippen MR) is 157 cm³/mol. The lowest BCUT2D eigenvalue weighted by atomic mass is 9.78. The van der Waals surface area contributed by atoms with E-state index in [1.165, 1.54) is 0 Å². The van der Waals surface area contributed by atoms with Crippen molar-refractivity contribution in [1.29, 1.82) is 0 Å². The van der Waals surface area contributed by atoms with Gasteiger partial charge in [0.1, 0.15) is 18.6 Å². The number of hydrogen-bond donors (Lipinski definition) is 2. The number of Topliss-reactive ketones (excluding diaryl/α,β-unsaturated/α-hetero) is 1. The summed E-state index contributed by atoms with van der Waals surface area (Å²) >= 11 is 0. The third-order valence-electron chi connectivity index (χ3n) is 9.17. The Bertz CT molecular complexity index is 958. The van der Waals surface area contributed by atoms with Crippen LogP contribution >= 0.6 is 0 Å². The molecule has 0 saturated carbocycles. The number of carbonyl (C=O) groups is 3. The molecule has 2 N–H and O–H groups in total. The van der Waals surface area contributed by atoms with Crippen LogP contribution in [0.25, 0.3) is 0 Å². The first kappa shape index (κ1) is 34.8. The molecule has 0 aromatic heterocycles. The van der Waals surface area contributed by atoms with Gasteiger partial charge in [0.25, 0.3) is 0 Å². The molecule has 242 valence electrons. The molecule has 3 aliphatic heterocycles. The summed E-state index contributed by atoms with van der Waals surface area (Å²) in [6.45, 7) is 11.0. The van der Waals surface area contributed by atoms with E-state index in [2.05, 4.69) is 12.2 Å². The molecule has 42 heavy (non-hydrogen) atoms. The molecule has 1 amide bonds. The molecule has 3 saturated heterocycles. The number of ether oxygens (including phenoxy) is 4. The van der Waals surface area contributed by atoms with Crippen LogP contribution < -0.4 is 5.32 Å². The van der Waals surface area contributed by atoms with E-state index in [-0.39, 0.29) is 36.4 Å². The zero-order chi connectivity index (χ0) is 31.6. The van der Waals surface area contributed by atoms with Gasteiger partial charge in [-0.25, -0.2) is 0 Å². The number of likely N-dealkylation sites (tertiary alicyclic amines) is 1. The topological polar surface area (TPSA) is 130 Å². The van der Waals surface area contributed by atoms with E-state index in [1.54, 1.807) is 25.9 Å². The van der Waals surface area contributed by atoms with Crippen molar-refractivity contribution in [1.82, 2.24) is 20.0 Å². The van der Waals surface area contributed by atoms with Crippen molar-refractivity contribution in [2.45, 2.75) is 89.2 Å². The van der Waals surface area contributed by atoms with Crippen molar-refractivity contribution in [3.63, 3.8) is 0 Å². The summed E-state index contributed by atoms with van der Waals surface area (Å²) in [5, 5.41) is 14.8. The van der Waals surface area contributed by atoms with Crippen molar-refractivity contribution in [3.05, 3.63) is 0 Å². The number of hydrogen-bond acceptors (Lipinski definition) is 11. The third kappa shape index (κ3) is 7.88. The number of nitrogens with zero attached hydrogens (tertiary/aromatic N) is 3. The maximum absolute atomic E-state index is 13.8. The normalized spacial score (nSPS) is 38.5. The fraction of sp³-hybridized carbons (Fsp3) is 0.900. The fourth-order valence-corrected chi connectivity index (χ4v) is 6.54. The second-order valence-corrected chi connectivity index (χ2v) is 13.6. The Balaban J connectivity index is 1.88. The standard InChI is InChI=1S/C30H54N4O8/c1-18-12-29(5,39-10)26(42-28-25(37)22(33(8)9)11-19(2)41-28)20(3)24(36)21(4)27(38)40-17-30(31-13-18)15-34(16-30)23(35)14-32(6)7/h18-22,25-26,28,31,37H,11-17H2,1-10H3/t18-,19-,20+,21?,22+,25-,26-,28+,29-/m1/s1. The highest BCUT2D eigenvalue weighted by molar-refractivity contribution is 6.00. The molecule has 9 atom stereocenters. The third-order valence-corrected chi connectivity index (χ3v) is 9.17. The van der Waals surface area contributed by atoms with Crippen molar-refractivity contribution < 1.29 is 38.4 Å². The summed E-state index contributed by atoms with van der Waals surface area (Å²) in [4.78, 5) is 45.1. The fourth-order valence-electron chi connectivity index (χ4n) is 6.54. The summed E-state index contributed by atoms with van der Waals surface area (Å²) < 4.78 is 24.4. The largest absolute Gasteiger partial charge is 0.463 e. The minimum atomic E-state index is -1.04. The molecule has 3 rings (SSSR count). The molecule has 0 aromatic carbocycles. The number of carbonyl (C=O) groups excluding carboxylic acids is 3. The van der Waals surface area contributed by atoms with Crippen LogP contribution in [0.5, 0.6) is 0 Å². The average Bonchev–Trinajstić information content (AvgIpc) is 2.89. The second kappa shape index (κ2) is 14.0. The average molecular weight is 599 g/mol. The van der Waals surface area contributed by atoms with Crippen molar-refractivity contribution in [3.8, 4) is 0 Å². The van der Waals surface area contributed by atoms with Crippen LogP contribution in [0.2, 0.25) is 0 Å². The molecule has 3 heterocycles. The molecule has 1 unspecified atom stereocenters. The van der Waals surface area contributed by atoms with Crippen molar-refractivity contribution in [2.75, 3.05) is 68.1 Å². The van der Waals surface area contributed by atoms with Gasteiger partial charge in [0.05, 0.1) is 29.9 Å². The van der Waals surface area contributed by atoms with Crippen LogP contribution in [0.15, 0.2) is 0 Å². The highest BCUT2D eigenvalue weighted by Gasteiger charge is 2.50. The maximum atomic E-state index is 13.8. The predicted octanol–water partition coefficient (Wildman–Crippen LogP) is 0.359. The van der Waals surface area contributed by atoms with Gasteiger partial charge in [-0.1, -0.05) is 13.8 Å². The van der Waals surface area contributed by atoms with Gasteiger partial charge in [-0.15, -0.1) is 0 Å². The SMILES string of the molecule is CO[C@]1(C)C[C@@H](C)CNC2(COC(=O)C(C)C(=O)[C@H](C)[C@H]1O[C@@H]1O[C@H](C)C[C@H](N(C)C)[C@H]1O)CN(C(=O)CN(C)C)C2. The molecular formula is C30H54N4O8. The first-order chi connectivity index (χ1) is 19.5. The number of esters is 1. The number of aliphatic hydroxyl groups excluding tert-OH is 1. The quantitative estimate of drug-likeness (QED) is 0.325. The van der Waals surface area contributed by atoms with Crippen LogP contribution in [-0.2, 0) is 33.3 Å². The smallest absolute Gasteiger partial charge is 0.316 e. The lowest BCUT2D eigenvalue weighted by Crippen LogP contribution is -2.73. The number of ketones is 1. The van der Waals surface area contributed by atoms with Crippen LogP contribution in [0.4, 0.5) is 0 Å². The number of cyclic esters (lactones) is 1. The van der Waals surface area contributed by atoms with Crippen molar-refractivity contribution in [2.24, 2.45) is 17.8 Å². The van der Waals surface area contributed by atoms with E-state index in [0.29, 0.717) is 39.0 Å². The van der Waals surface area contributed by atoms with Gasteiger partial charge in [0.2, 0.25) is 5.91 Å². The van der Waals surface area contributed by atoms with E-state index in [1.807, 2.05) is 51.8 Å². The Morgan fingerprint density at radius 1 is 1.14 bits per heavy atom. The lowest BCUT2D eigenvalue weighted by molar-refractivity contribution is -0.295. The maximum Gasteiger partial charge on any atom is 0.316 e. The molecule has 3 fully saturated rings. The summed E-state index contributed by atoms with van der Waals surface area (Å²) in [5.74, 6) is -2.68. The molecule has 12 heteroatoms. The number of methoxy groups -OCH3 is 1. The number of rotatable bonds is 6. The number of likely N-dealkylation sites (N-methyl/N-ethyl adjacent to an activating group) is 2. The number of amides is 1. The Labute approximate surface area is 251 Å². The van der Waals surface area contributed by atoms with Gasteiger partial charge < -0.3 is 44.1 Å². The van der Waals surface area contributed by atoms with Crippen LogP contribution in [0, 0.1) is 17.8 Å². The van der Waals surface area contributed by atoms with Gasteiger partial charge in [-0.2, -0.15) is 0 Å². The minimum absolute atomic E-state index is 0.0111. The zero-order valence-corrected chi connectivity index (χ0v) is 27.2. The Morgan fingerprint density at radius 3 is 2.36 bits per heavy atom. The van der Waals surface area contributed by atoms with E-state index < -0.39 is 47.4 Å². The molecule has 0 aromatic rings. The van der Waals surface area contributed by atoms with Crippen LogP contribution in [-0.4, -0.2) is 147 Å². The molecule has 0 aliphatic carbocycles. The van der Waals surface area contributed by atoms with Gasteiger partial charge in [0, 0.05) is 32.2 Å². The Hall–Kier alpha value is -1.67. The van der Waals surface area contributed by atoms with Gasteiger partial charge in [-0.05, 0) is 74.3 Å². The molecule has 12 nitrogen and oxygen atoms in total. The summed E-state index contributed by atoms with van der Waals surface area (Å²) in [5.41, 5.74) is -1.54. The summed E-state index contributed by atoms with van der Waals surface area (Å²) in [7, 11) is 9.09. The van der Waals surface area contributed by atoms with Crippen LogP contribution in [0.1, 0.15) is 47.5 Å². The van der Waals surface area contributed by atoms with Gasteiger partial charge >= 0.3 is 5.97 Å². The summed E-state index contributed by atoms with van der Waals surface area (Å²) in [6.07, 6.45) is -1.75.